The van der Waals surface area contributed by atoms with Crippen LogP contribution in [0.1, 0.15) is 22.8 Å². The van der Waals surface area contributed by atoms with Gasteiger partial charge in [0.1, 0.15) is 5.75 Å². The normalized spacial score (nSPS) is 10.0. The molecular weight excluding hydrogens is 346 g/mol. The van der Waals surface area contributed by atoms with Gasteiger partial charge in [-0.25, -0.2) is 0 Å². The summed E-state index contributed by atoms with van der Waals surface area (Å²) in [5, 5.41) is 5.53. The van der Waals surface area contributed by atoms with Crippen molar-refractivity contribution in [2.24, 2.45) is 0 Å². The average molecular weight is 369 g/mol. The number of nitrogens with zero attached hydrogens (tertiary/aromatic N) is 1. The number of amides is 3. The van der Waals surface area contributed by atoms with Crippen LogP contribution in [0.15, 0.2) is 48.5 Å². The monoisotopic (exact) mass is 369 g/mol. The topological polar surface area (TPSA) is 87.7 Å². The van der Waals surface area contributed by atoms with Gasteiger partial charge in [-0.05, 0) is 35.9 Å². The molecule has 3 amide bonds. The molecule has 0 aliphatic carbocycles. The van der Waals surface area contributed by atoms with Crippen LogP contribution in [0.4, 0.5) is 5.69 Å². The molecule has 2 rings (SSSR count). The van der Waals surface area contributed by atoms with Crippen LogP contribution in [0.5, 0.6) is 5.75 Å². The largest absolute Gasteiger partial charge is 0.484 e. The van der Waals surface area contributed by atoms with Crippen molar-refractivity contribution >= 4 is 23.4 Å². The molecule has 2 aromatic rings. The lowest BCUT2D eigenvalue weighted by molar-refractivity contribution is -0.130. The van der Waals surface area contributed by atoms with E-state index < -0.39 is 0 Å². The minimum absolute atomic E-state index is 0.0893. The molecule has 0 fully saturated rings. The van der Waals surface area contributed by atoms with E-state index >= 15 is 0 Å². The van der Waals surface area contributed by atoms with Gasteiger partial charge in [-0.1, -0.05) is 18.2 Å². The molecule has 2 aromatic carbocycles. The Labute approximate surface area is 158 Å². The summed E-state index contributed by atoms with van der Waals surface area (Å²) in [6.07, 6.45) is 0. The number of nitrogens with one attached hydrogen (secondary N) is 2. The van der Waals surface area contributed by atoms with E-state index in [4.69, 9.17) is 4.74 Å². The number of ether oxygens (including phenoxy) is 1. The minimum atomic E-state index is -0.260. The molecule has 7 heteroatoms. The molecule has 27 heavy (non-hydrogen) atoms. The van der Waals surface area contributed by atoms with E-state index in [9.17, 15) is 14.4 Å². The van der Waals surface area contributed by atoms with Gasteiger partial charge in [0.15, 0.2) is 6.61 Å². The Morgan fingerprint density at radius 1 is 1.04 bits per heavy atom. The maximum atomic E-state index is 12.4. The highest BCUT2D eigenvalue weighted by atomic mass is 16.5. The molecule has 0 heterocycles. The Bertz CT molecular complexity index is 833. The molecule has 0 saturated heterocycles. The van der Waals surface area contributed by atoms with Gasteiger partial charge < -0.3 is 20.3 Å². The SMILES string of the molecule is CC(=O)Nc1cccc(CNC(=O)c2cccc(OCC(=O)N(C)C)c2)c1. The van der Waals surface area contributed by atoms with Crippen LogP contribution < -0.4 is 15.4 Å². The van der Waals surface area contributed by atoms with E-state index in [2.05, 4.69) is 10.6 Å². The number of hydrogen-bond acceptors (Lipinski definition) is 4. The number of anilines is 1. The van der Waals surface area contributed by atoms with E-state index in [1.807, 2.05) is 12.1 Å². The average Bonchev–Trinajstić information content (AvgIpc) is 2.64. The highest BCUT2D eigenvalue weighted by molar-refractivity contribution is 5.94. The number of hydrogen-bond donors (Lipinski definition) is 2. The summed E-state index contributed by atoms with van der Waals surface area (Å²) in [6.45, 7) is 1.67. The third-order valence-corrected chi connectivity index (χ3v) is 3.66. The Kier molecular flexibility index (Phi) is 6.93. The zero-order valence-corrected chi connectivity index (χ0v) is 15.6. The first kappa shape index (κ1) is 20.0. The van der Waals surface area contributed by atoms with Gasteiger partial charge in [0, 0.05) is 38.8 Å². The lowest BCUT2D eigenvalue weighted by atomic mass is 10.1. The molecule has 0 aliphatic heterocycles. The van der Waals surface area contributed by atoms with Crippen molar-refractivity contribution < 1.29 is 19.1 Å². The van der Waals surface area contributed by atoms with Crippen molar-refractivity contribution in [2.45, 2.75) is 13.5 Å². The van der Waals surface area contributed by atoms with E-state index in [1.165, 1.54) is 11.8 Å². The summed E-state index contributed by atoms with van der Waals surface area (Å²) >= 11 is 0. The third-order valence-electron chi connectivity index (χ3n) is 3.66. The first-order chi connectivity index (χ1) is 12.8. The van der Waals surface area contributed by atoms with Gasteiger partial charge in [-0.3, -0.25) is 14.4 Å². The highest BCUT2D eigenvalue weighted by Gasteiger charge is 2.09. The zero-order chi connectivity index (χ0) is 19.8. The molecule has 0 aliphatic rings. The summed E-state index contributed by atoms with van der Waals surface area (Å²) in [7, 11) is 3.30. The van der Waals surface area contributed by atoms with Crippen LogP contribution in [0, 0.1) is 0 Å². The minimum Gasteiger partial charge on any atom is -0.484 e. The molecule has 142 valence electrons. The van der Waals surface area contributed by atoms with E-state index in [0.29, 0.717) is 23.5 Å². The first-order valence-corrected chi connectivity index (χ1v) is 8.43. The quantitative estimate of drug-likeness (QED) is 0.782. The smallest absolute Gasteiger partial charge is 0.259 e. The van der Waals surface area contributed by atoms with Gasteiger partial charge in [-0.15, -0.1) is 0 Å². The molecule has 0 aromatic heterocycles. The van der Waals surface area contributed by atoms with Crippen LogP contribution in [0.3, 0.4) is 0 Å². The van der Waals surface area contributed by atoms with Gasteiger partial charge in [0.05, 0.1) is 0 Å². The molecule has 0 saturated carbocycles. The van der Waals surface area contributed by atoms with Crippen molar-refractivity contribution in [2.75, 3.05) is 26.0 Å². The maximum absolute atomic E-state index is 12.4. The molecule has 0 atom stereocenters. The summed E-state index contributed by atoms with van der Waals surface area (Å²) < 4.78 is 5.42. The molecule has 0 unspecified atom stereocenters. The first-order valence-electron chi connectivity index (χ1n) is 8.43. The van der Waals surface area contributed by atoms with Crippen molar-refractivity contribution in [3.05, 3.63) is 59.7 Å². The predicted molar refractivity (Wildman–Crippen MR) is 103 cm³/mol. The van der Waals surface area contributed by atoms with Crippen molar-refractivity contribution in [3.63, 3.8) is 0 Å². The van der Waals surface area contributed by atoms with Crippen molar-refractivity contribution in [3.8, 4) is 5.75 Å². The molecule has 7 nitrogen and oxygen atoms in total. The maximum Gasteiger partial charge on any atom is 0.259 e. The lowest BCUT2D eigenvalue weighted by Crippen LogP contribution is -2.27. The van der Waals surface area contributed by atoms with E-state index in [1.54, 1.807) is 50.5 Å². The molecule has 0 radical (unpaired) electrons. The van der Waals surface area contributed by atoms with Crippen LogP contribution in [-0.2, 0) is 16.1 Å². The van der Waals surface area contributed by atoms with E-state index in [0.717, 1.165) is 5.56 Å². The fraction of sp³-hybridized carbons (Fsp3) is 0.250. The number of rotatable bonds is 7. The predicted octanol–water partition coefficient (Wildman–Crippen LogP) is 2.04. The molecule has 0 bridgehead atoms. The second kappa shape index (κ2) is 9.38. The lowest BCUT2D eigenvalue weighted by Gasteiger charge is -2.12. The number of likely N-dealkylation sites (N-methyl/N-ethyl adjacent to an activating group) is 1. The molecule has 2 N–H and O–H groups in total. The van der Waals surface area contributed by atoms with Gasteiger partial charge in [-0.2, -0.15) is 0 Å². The van der Waals surface area contributed by atoms with Crippen LogP contribution in [0.25, 0.3) is 0 Å². The van der Waals surface area contributed by atoms with Crippen molar-refractivity contribution in [1.29, 1.82) is 0 Å². The molecule has 0 spiro atoms. The Hall–Kier alpha value is -3.35. The highest BCUT2D eigenvalue weighted by Crippen LogP contribution is 2.14. The van der Waals surface area contributed by atoms with Crippen LogP contribution in [0.2, 0.25) is 0 Å². The Morgan fingerprint density at radius 2 is 1.78 bits per heavy atom. The van der Waals surface area contributed by atoms with Crippen molar-refractivity contribution in [1.82, 2.24) is 10.2 Å². The summed E-state index contributed by atoms with van der Waals surface area (Å²) in [5.41, 5.74) is 1.97. The Morgan fingerprint density at radius 3 is 2.48 bits per heavy atom. The number of benzene rings is 2. The van der Waals surface area contributed by atoms with Gasteiger partial charge >= 0.3 is 0 Å². The summed E-state index contributed by atoms with van der Waals surface area (Å²) in [4.78, 5) is 36.5. The van der Waals surface area contributed by atoms with Crippen LogP contribution >= 0.6 is 0 Å². The fourth-order valence-corrected chi connectivity index (χ4v) is 2.25. The molecular formula is C20H23N3O4. The van der Waals surface area contributed by atoms with Gasteiger partial charge in [0.2, 0.25) is 5.91 Å². The van der Waals surface area contributed by atoms with Crippen LogP contribution in [-0.4, -0.2) is 43.3 Å². The van der Waals surface area contributed by atoms with E-state index in [-0.39, 0.29) is 24.3 Å². The second-order valence-corrected chi connectivity index (χ2v) is 6.17. The second-order valence-electron chi connectivity index (χ2n) is 6.17. The number of carbonyl (C=O) groups excluding carboxylic acids is 3. The standard InChI is InChI=1S/C20H23N3O4/c1-14(24)22-17-8-4-6-15(10-17)12-21-20(26)16-7-5-9-18(11-16)27-13-19(25)23(2)3/h4-11H,12-13H2,1-3H3,(H,21,26)(H,22,24). The summed E-state index contributed by atoms with van der Waals surface area (Å²) in [5.74, 6) is -0.125. The number of carbonyl (C=O) groups is 3. The zero-order valence-electron chi connectivity index (χ0n) is 15.6. The Balaban J connectivity index is 1.95. The summed E-state index contributed by atoms with van der Waals surface area (Å²) in [6, 6.07) is 13.9. The third kappa shape index (κ3) is 6.47. The fourth-order valence-electron chi connectivity index (χ4n) is 2.25. The van der Waals surface area contributed by atoms with Gasteiger partial charge in [0.25, 0.3) is 11.8 Å².